The number of alkyl halides is 2. The number of carbonyl (C=O) groups is 1. The number of benzene rings is 2. The molecule has 0 radical (unpaired) electrons. The zero-order valence-electron chi connectivity index (χ0n) is 8.94. The van der Waals surface area contributed by atoms with Crippen molar-refractivity contribution in [3.8, 4) is 11.1 Å². The van der Waals surface area contributed by atoms with E-state index in [1.165, 1.54) is 12.1 Å². The van der Waals surface area contributed by atoms with E-state index in [2.05, 4.69) is 0 Å². The summed E-state index contributed by atoms with van der Waals surface area (Å²) in [5.74, 6) is 0. The van der Waals surface area contributed by atoms with Crippen LogP contribution in [0.3, 0.4) is 0 Å². The van der Waals surface area contributed by atoms with Gasteiger partial charge in [-0.1, -0.05) is 48.5 Å². The molecule has 1 nitrogen and oxygen atoms in total. The van der Waals surface area contributed by atoms with Crippen LogP contribution < -0.4 is 0 Å². The molecule has 0 amide bonds. The van der Waals surface area contributed by atoms with E-state index >= 15 is 0 Å². The number of carbonyl (C=O) groups excluding carboxylic acids is 1. The average molecular weight is 232 g/mol. The Bertz CT molecular complexity index is 518. The quantitative estimate of drug-likeness (QED) is 0.728. The van der Waals surface area contributed by atoms with Gasteiger partial charge in [0.25, 0.3) is 6.43 Å². The fourth-order valence-corrected chi connectivity index (χ4v) is 1.67. The van der Waals surface area contributed by atoms with Crippen molar-refractivity contribution in [2.24, 2.45) is 0 Å². The second kappa shape index (κ2) is 4.87. The van der Waals surface area contributed by atoms with Crippen LogP contribution >= 0.6 is 0 Å². The second-order valence-corrected chi connectivity index (χ2v) is 3.63. The fourth-order valence-electron chi connectivity index (χ4n) is 1.67. The smallest absolute Gasteiger partial charge is 0.263 e. The SMILES string of the molecule is O=Cc1ccccc1-c1ccc(C(F)F)cc1. The lowest BCUT2D eigenvalue weighted by atomic mass is 9.99. The Balaban J connectivity index is 2.43. The average Bonchev–Trinajstić information content (AvgIpc) is 2.39. The van der Waals surface area contributed by atoms with Crippen molar-refractivity contribution in [2.75, 3.05) is 0 Å². The largest absolute Gasteiger partial charge is 0.298 e. The minimum atomic E-state index is -2.47. The number of hydrogen-bond acceptors (Lipinski definition) is 1. The maximum atomic E-state index is 12.4. The molecule has 0 atom stereocenters. The number of aldehydes is 1. The predicted molar refractivity (Wildman–Crippen MR) is 62.2 cm³/mol. The maximum absolute atomic E-state index is 12.4. The summed E-state index contributed by atoms with van der Waals surface area (Å²) < 4.78 is 24.8. The highest BCUT2D eigenvalue weighted by Gasteiger charge is 2.08. The van der Waals surface area contributed by atoms with E-state index in [4.69, 9.17) is 0 Å². The molecular formula is C14H10F2O. The predicted octanol–water partition coefficient (Wildman–Crippen LogP) is 4.10. The van der Waals surface area contributed by atoms with Crippen LogP contribution in [0.25, 0.3) is 11.1 Å². The van der Waals surface area contributed by atoms with Gasteiger partial charge in [0.2, 0.25) is 0 Å². The van der Waals surface area contributed by atoms with Crippen LogP contribution in [0.1, 0.15) is 22.3 Å². The van der Waals surface area contributed by atoms with Gasteiger partial charge in [-0.25, -0.2) is 8.78 Å². The summed E-state index contributed by atoms with van der Waals surface area (Å²) >= 11 is 0. The van der Waals surface area contributed by atoms with Crippen molar-refractivity contribution in [2.45, 2.75) is 6.43 Å². The molecule has 86 valence electrons. The van der Waals surface area contributed by atoms with E-state index in [0.717, 1.165) is 17.4 Å². The molecule has 0 unspecified atom stereocenters. The van der Waals surface area contributed by atoms with Gasteiger partial charge in [0.15, 0.2) is 6.29 Å². The second-order valence-electron chi connectivity index (χ2n) is 3.63. The van der Waals surface area contributed by atoms with Gasteiger partial charge in [-0.15, -0.1) is 0 Å². The van der Waals surface area contributed by atoms with Gasteiger partial charge in [0.1, 0.15) is 0 Å². The molecule has 17 heavy (non-hydrogen) atoms. The van der Waals surface area contributed by atoms with Gasteiger partial charge in [-0.3, -0.25) is 4.79 Å². The Hall–Kier alpha value is -2.03. The Morgan fingerprint density at radius 2 is 1.59 bits per heavy atom. The van der Waals surface area contributed by atoms with Gasteiger partial charge in [-0.05, 0) is 11.1 Å². The van der Waals surface area contributed by atoms with Gasteiger partial charge in [-0.2, -0.15) is 0 Å². The third-order valence-corrected chi connectivity index (χ3v) is 2.56. The van der Waals surface area contributed by atoms with Crippen LogP contribution in [0.4, 0.5) is 8.78 Å². The summed E-state index contributed by atoms with van der Waals surface area (Å²) in [4.78, 5) is 10.9. The summed E-state index contributed by atoms with van der Waals surface area (Å²) in [5, 5.41) is 0. The van der Waals surface area contributed by atoms with Crippen molar-refractivity contribution in [1.29, 1.82) is 0 Å². The molecule has 0 aliphatic heterocycles. The van der Waals surface area contributed by atoms with E-state index < -0.39 is 6.43 Å². The van der Waals surface area contributed by atoms with Crippen molar-refractivity contribution < 1.29 is 13.6 Å². The van der Waals surface area contributed by atoms with Crippen LogP contribution in [-0.4, -0.2) is 6.29 Å². The zero-order valence-corrected chi connectivity index (χ0v) is 8.94. The van der Waals surface area contributed by atoms with Crippen molar-refractivity contribution >= 4 is 6.29 Å². The Kier molecular flexibility index (Phi) is 3.28. The molecule has 0 spiro atoms. The number of hydrogen-bond donors (Lipinski definition) is 0. The summed E-state index contributed by atoms with van der Waals surface area (Å²) in [5.41, 5.74) is 2.05. The van der Waals surface area contributed by atoms with Gasteiger partial charge in [0.05, 0.1) is 0 Å². The standard InChI is InChI=1S/C14H10F2O/c15-14(16)11-7-5-10(6-8-11)13-4-2-1-3-12(13)9-17/h1-9,14H. The lowest BCUT2D eigenvalue weighted by molar-refractivity contribution is 0.112. The summed E-state index contributed by atoms with van der Waals surface area (Å²) in [6.45, 7) is 0. The molecule has 0 fully saturated rings. The topological polar surface area (TPSA) is 17.1 Å². The highest BCUT2D eigenvalue weighted by molar-refractivity contribution is 5.87. The molecule has 0 aliphatic rings. The molecule has 0 bridgehead atoms. The third-order valence-electron chi connectivity index (χ3n) is 2.56. The minimum Gasteiger partial charge on any atom is -0.298 e. The van der Waals surface area contributed by atoms with Crippen LogP contribution in [0.5, 0.6) is 0 Å². The fraction of sp³-hybridized carbons (Fsp3) is 0.0714. The zero-order chi connectivity index (χ0) is 12.3. The molecule has 0 aliphatic carbocycles. The molecule has 0 saturated heterocycles. The first-order valence-electron chi connectivity index (χ1n) is 5.15. The normalized spacial score (nSPS) is 10.5. The van der Waals surface area contributed by atoms with Crippen LogP contribution in [0.15, 0.2) is 48.5 Å². The van der Waals surface area contributed by atoms with E-state index in [1.54, 1.807) is 30.3 Å². The number of halogens is 2. The molecule has 0 saturated carbocycles. The monoisotopic (exact) mass is 232 g/mol. The summed E-state index contributed by atoms with van der Waals surface area (Å²) in [6.07, 6.45) is -1.71. The highest BCUT2D eigenvalue weighted by Crippen LogP contribution is 2.25. The Morgan fingerprint density at radius 1 is 0.941 bits per heavy atom. The molecule has 2 aromatic carbocycles. The number of rotatable bonds is 3. The lowest BCUT2D eigenvalue weighted by Crippen LogP contribution is -1.88. The van der Waals surface area contributed by atoms with Crippen LogP contribution in [0, 0.1) is 0 Å². The Labute approximate surface area is 97.7 Å². The first-order chi connectivity index (χ1) is 8.22. The summed E-state index contributed by atoms with van der Waals surface area (Å²) in [6, 6.07) is 13.0. The van der Waals surface area contributed by atoms with E-state index in [0.29, 0.717) is 5.56 Å². The van der Waals surface area contributed by atoms with E-state index in [1.807, 2.05) is 6.07 Å². The Morgan fingerprint density at radius 3 is 2.18 bits per heavy atom. The molecule has 2 rings (SSSR count). The van der Waals surface area contributed by atoms with Gasteiger partial charge >= 0.3 is 0 Å². The lowest BCUT2D eigenvalue weighted by Gasteiger charge is -2.06. The van der Waals surface area contributed by atoms with Crippen LogP contribution in [-0.2, 0) is 0 Å². The molecule has 2 aromatic rings. The van der Waals surface area contributed by atoms with E-state index in [9.17, 15) is 13.6 Å². The molecular weight excluding hydrogens is 222 g/mol. The van der Waals surface area contributed by atoms with Gasteiger partial charge < -0.3 is 0 Å². The molecule has 0 aromatic heterocycles. The first-order valence-corrected chi connectivity index (χ1v) is 5.15. The highest BCUT2D eigenvalue weighted by atomic mass is 19.3. The summed E-state index contributed by atoms with van der Waals surface area (Å²) in [7, 11) is 0. The van der Waals surface area contributed by atoms with Crippen molar-refractivity contribution in [3.05, 3.63) is 59.7 Å². The van der Waals surface area contributed by atoms with Crippen molar-refractivity contribution in [3.63, 3.8) is 0 Å². The molecule has 0 heterocycles. The maximum Gasteiger partial charge on any atom is 0.263 e. The van der Waals surface area contributed by atoms with E-state index in [-0.39, 0.29) is 5.56 Å². The van der Waals surface area contributed by atoms with Crippen molar-refractivity contribution in [1.82, 2.24) is 0 Å². The van der Waals surface area contributed by atoms with Gasteiger partial charge in [0, 0.05) is 11.1 Å². The first kappa shape index (κ1) is 11.5. The molecule has 0 N–H and O–H groups in total. The minimum absolute atomic E-state index is 0.0164. The third kappa shape index (κ3) is 2.38. The van der Waals surface area contributed by atoms with Crippen LogP contribution in [0.2, 0.25) is 0 Å². The molecule has 3 heteroatoms.